The van der Waals surface area contributed by atoms with Crippen molar-refractivity contribution >= 4 is 11.6 Å². The van der Waals surface area contributed by atoms with Crippen LogP contribution in [0, 0.1) is 16.7 Å². The molecular formula is C12H14ClNO. The maximum Gasteiger partial charge on any atom is 0.0987 e. The Morgan fingerprint density at radius 2 is 2.13 bits per heavy atom. The lowest BCUT2D eigenvalue weighted by Crippen LogP contribution is -2.23. The van der Waals surface area contributed by atoms with E-state index in [1.165, 1.54) is 0 Å². The average molecular weight is 224 g/mol. The number of rotatable bonds is 3. The van der Waals surface area contributed by atoms with Crippen molar-refractivity contribution in [2.24, 2.45) is 5.41 Å². The fraction of sp³-hybridized carbons (Fsp3) is 0.417. The summed E-state index contributed by atoms with van der Waals surface area (Å²) in [5, 5.41) is 19.7. The van der Waals surface area contributed by atoms with Gasteiger partial charge in [0.2, 0.25) is 0 Å². The van der Waals surface area contributed by atoms with E-state index in [1.807, 2.05) is 6.92 Å². The van der Waals surface area contributed by atoms with Gasteiger partial charge in [0.25, 0.3) is 0 Å². The summed E-state index contributed by atoms with van der Waals surface area (Å²) in [5.74, 6) is 0. The molecule has 0 fully saturated rings. The molecule has 0 heterocycles. The monoisotopic (exact) mass is 223 g/mol. The average Bonchev–Trinajstić information content (AvgIpc) is 2.28. The summed E-state index contributed by atoms with van der Waals surface area (Å²) in [4.78, 5) is 0. The van der Waals surface area contributed by atoms with Gasteiger partial charge in [-0.3, -0.25) is 0 Å². The molecule has 80 valence electrons. The Labute approximate surface area is 95.1 Å². The molecule has 15 heavy (non-hydrogen) atoms. The Balaban J connectivity index is 3.10. The fourth-order valence-electron chi connectivity index (χ4n) is 1.37. The normalized spacial score (nSPS) is 16.5. The van der Waals surface area contributed by atoms with Crippen LogP contribution < -0.4 is 0 Å². The molecule has 0 radical (unpaired) electrons. The highest BCUT2D eigenvalue weighted by atomic mass is 35.5. The Morgan fingerprint density at radius 1 is 1.53 bits per heavy atom. The third kappa shape index (κ3) is 2.31. The summed E-state index contributed by atoms with van der Waals surface area (Å²) >= 11 is 5.97. The number of hydrogen-bond acceptors (Lipinski definition) is 2. The van der Waals surface area contributed by atoms with E-state index in [1.54, 1.807) is 31.2 Å². The Kier molecular flexibility index (Phi) is 3.73. The lowest BCUT2D eigenvalue weighted by Gasteiger charge is -2.27. The van der Waals surface area contributed by atoms with Crippen LogP contribution in [-0.4, -0.2) is 5.11 Å². The molecule has 3 heteroatoms. The minimum atomic E-state index is -0.846. The van der Waals surface area contributed by atoms with Gasteiger partial charge in [-0.05, 0) is 19.4 Å². The molecule has 2 nitrogen and oxygen atoms in total. The van der Waals surface area contributed by atoms with Crippen LogP contribution in [0.1, 0.15) is 31.9 Å². The quantitative estimate of drug-likeness (QED) is 0.855. The van der Waals surface area contributed by atoms with E-state index in [0.29, 0.717) is 17.0 Å². The first-order valence-corrected chi connectivity index (χ1v) is 5.26. The first kappa shape index (κ1) is 12.0. The second-order valence-electron chi connectivity index (χ2n) is 3.81. The lowest BCUT2D eigenvalue weighted by molar-refractivity contribution is 0.0723. The summed E-state index contributed by atoms with van der Waals surface area (Å²) in [5.41, 5.74) is -0.171. The number of nitrogens with zero attached hydrogens (tertiary/aromatic N) is 1. The number of aliphatic hydroxyl groups excluding tert-OH is 1. The maximum atomic E-state index is 10.1. The van der Waals surface area contributed by atoms with E-state index in [4.69, 9.17) is 16.9 Å². The smallest absolute Gasteiger partial charge is 0.0987 e. The van der Waals surface area contributed by atoms with Crippen molar-refractivity contribution in [2.45, 2.75) is 26.4 Å². The van der Waals surface area contributed by atoms with Crippen LogP contribution in [0.15, 0.2) is 24.3 Å². The summed E-state index contributed by atoms with van der Waals surface area (Å²) in [7, 11) is 0. The predicted octanol–water partition coefficient (Wildman–Crippen LogP) is 3.31. The van der Waals surface area contributed by atoms with Crippen LogP contribution in [0.25, 0.3) is 0 Å². The van der Waals surface area contributed by atoms with Gasteiger partial charge >= 0.3 is 0 Å². The first-order valence-electron chi connectivity index (χ1n) is 4.89. The van der Waals surface area contributed by atoms with Crippen molar-refractivity contribution < 1.29 is 5.11 Å². The van der Waals surface area contributed by atoms with E-state index >= 15 is 0 Å². The molecule has 1 N–H and O–H groups in total. The topological polar surface area (TPSA) is 44.0 Å². The molecule has 0 aliphatic carbocycles. The zero-order valence-electron chi connectivity index (χ0n) is 8.87. The number of hydrogen-bond donors (Lipinski definition) is 1. The molecule has 2 atom stereocenters. The number of halogens is 1. The highest BCUT2D eigenvalue weighted by Gasteiger charge is 2.33. The highest BCUT2D eigenvalue weighted by molar-refractivity contribution is 6.31. The SMILES string of the molecule is CCC(C)(C#N)C(O)c1ccccc1Cl. The van der Waals surface area contributed by atoms with Crippen LogP contribution in [-0.2, 0) is 0 Å². The number of benzene rings is 1. The van der Waals surface area contributed by atoms with Gasteiger partial charge in [0.05, 0.1) is 17.6 Å². The van der Waals surface area contributed by atoms with Crippen LogP contribution in [0.3, 0.4) is 0 Å². The molecule has 0 spiro atoms. The number of aliphatic hydroxyl groups is 1. The van der Waals surface area contributed by atoms with Crippen LogP contribution in [0.2, 0.25) is 5.02 Å². The van der Waals surface area contributed by atoms with Gasteiger partial charge in [-0.15, -0.1) is 0 Å². The predicted molar refractivity (Wildman–Crippen MR) is 60.4 cm³/mol. The second-order valence-corrected chi connectivity index (χ2v) is 4.21. The van der Waals surface area contributed by atoms with Crippen LogP contribution >= 0.6 is 11.6 Å². The van der Waals surface area contributed by atoms with E-state index in [9.17, 15) is 5.11 Å². The van der Waals surface area contributed by atoms with Crippen molar-refractivity contribution in [1.82, 2.24) is 0 Å². The number of nitriles is 1. The largest absolute Gasteiger partial charge is 0.387 e. The van der Waals surface area contributed by atoms with Crippen LogP contribution in [0.5, 0.6) is 0 Å². The minimum absolute atomic E-state index is 0.500. The maximum absolute atomic E-state index is 10.1. The van der Waals surface area contributed by atoms with E-state index in [2.05, 4.69) is 6.07 Å². The summed E-state index contributed by atoms with van der Waals surface area (Å²) < 4.78 is 0. The standard InChI is InChI=1S/C12H14ClNO/c1-3-12(2,8-14)11(15)9-6-4-5-7-10(9)13/h4-7,11,15H,3H2,1-2H3. The van der Waals surface area contributed by atoms with Gasteiger partial charge < -0.3 is 5.11 Å². The molecule has 0 bridgehead atoms. The molecule has 0 aromatic heterocycles. The van der Waals surface area contributed by atoms with Gasteiger partial charge in [-0.1, -0.05) is 36.7 Å². The van der Waals surface area contributed by atoms with Crippen molar-refractivity contribution in [1.29, 1.82) is 5.26 Å². The molecule has 0 saturated carbocycles. The summed E-state index contributed by atoms with van der Waals surface area (Å²) in [6.45, 7) is 3.62. The summed E-state index contributed by atoms with van der Waals surface area (Å²) in [6.07, 6.45) is -0.267. The molecule has 0 saturated heterocycles. The van der Waals surface area contributed by atoms with Crippen LogP contribution in [0.4, 0.5) is 0 Å². The molecule has 2 unspecified atom stereocenters. The zero-order chi connectivity index (χ0) is 11.5. The Hall–Kier alpha value is -1.04. The van der Waals surface area contributed by atoms with Crippen molar-refractivity contribution in [3.63, 3.8) is 0 Å². The van der Waals surface area contributed by atoms with Gasteiger partial charge in [-0.2, -0.15) is 5.26 Å². The van der Waals surface area contributed by atoms with E-state index in [0.717, 1.165) is 0 Å². The Bertz CT molecular complexity index is 385. The molecule has 1 aromatic rings. The first-order chi connectivity index (χ1) is 7.05. The van der Waals surface area contributed by atoms with Crippen molar-refractivity contribution in [3.8, 4) is 6.07 Å². The van der Waals surface area contributed by atoms with Gasteiger partial charge in [-0.25, -0.2) is 0 Å². The van der Waals surface area contributed by atoms with Gasteiger partial charge in [0, 0.05) is 10.6 Å². The molecular weight excluding hydrogens is 210 g/mol. The fourth-order valence-corrected chi connectivity index (χ4v) is 1.61. The minimum Gasteiger partial charge on any atom is -0.387 e. The zero-order valence-corrected chi connectivity index (χ0v) is 9.62. The molecule has 1 rings (SSSR count). The molecule has 0 aliphatic heterocycles. The van der Waals surface area contributed by atoms with Gasteiger partial charge in [0.1, 0.15) is 0 Å². The van der Waals surface area contributed by atoms with Crippen molar-refractivity contribution in [2.75, 3.05) is 0 Å². The molecule has 0 amide bonds. The Morgan fingerprint density at radius 3 is 2.60 bits per heavy atom. The second kappa shape index (κ2) is 4.65. The van der Waals surface area contributed by atoms with E-state index < -0.39 is 11.5 Å². The summed E-state index contributed by atoms with van der Waals surface area (Å²) in [6, 6.07) is 9.21. The van der Waals surface area contributed by atoms with E-state index in [-0.39, 0.29) is 0 Å². The third-order valence-electron chi connectivity index (χ3n) is 2.79. The highest BCUT2D eigenvalue weighted by Crippen LogP contribution is 2.38. The molecule has 0 aliphatic rings. The lowest BCUT2D eigenvalue weighted by atomic mass is 9.80. The van der Waals surface area contributed by atoms with Crippen molar-refractivity contribution in [3.05, 3.63) is 34.9 Å². The molecule has 1 aromatic carbocycles. The van der Waals surface area contributed by atoms with Gasteiger partial charge in [0.15, 0.2) is 0 Å². The third-order valence-corrected chi connectivity index (χ3v) is 3.14.